The van der Waals surface area contributed by atoms with Crippen molar-refractivity contribution in [1.29, 1.82) is 0 Å². The molecule has 1 aliphatic carbocycles. The summed E-state index contributed by atoms with van der Waals surface area (Å²) in [5, 5.41) is 7.83. The Morgan fingerprint density at radius 2 is 1.68 bits per heavy atom. The molecule has 0 aromatic heterocycles. The molecule has 0 aromatic carbocycles. The molecular formula is C23H40N5O5P. The number of nitrogens with one attached hydrogen (secondary N) is 3. The summed E-state index contributed by atoms with van der Waals surface area (Å²) in [5.41, 5.74) is 4.64. The number of amides is 5. The van der Waals surface area contributed by atoms with Crippen LogP contribution in [0.5, 0.6) is 0 Å². The highest BCUT2D eigenvalue weighted by atomic mass is 31.0. The summed E-state index contributed by atoms with van der Waals surface area (Å²) in [4.78, 5) is 64.8. The Morgan fingerprint density at radius 3 is 2.12 bits per heavy atom. The average molecular weight is 498 g/mol. The highest BCUT2D eigenvalue weighted by Crippen LogP contribution is 2.34. The maximum absolute atomic E-state index is 13.6. The number of hydrogen-bond acceptors (Lipinski definition) is 5. The topological polar surface area (TPSA) is 151 Å². The molecule has 10 nitrogen and oxygen atoms in total. The summed E-state index contributed by atoms with van der Waals surface area (Å²) in [7, 11) is 2.09. The van der Waals surface area contributed by atoms with Crippen LogP contribution in [0.15, 0.2) is 0 Å². The number of hydrogen-bond donors (Lipinski definition) is 4. The van der Waals surface area contributed by atoms with Crippen molar-refractivity contribution in [1.82, 2.24) is 20.6 Å². The van der Waals surface area contributed by atoms with E-state index in [1.807, 2.05) is 34.6 Å². The molecule has 192 valence electrons. The van der Waals surface area contributed by atoms with E-state index in [-0.39, 0.29) is 23.7 Å². The molecule has 0 aromatic rings. The fourth-order valence-corrected chi connectivity index (χ4v) is 4.89. The Bertz CT molecular complexity index is 808. The van der Waals surface area contributed by atoms with E-state index in [1.54, 1.807) is 0 Å². The number of primary amides is 1. The van der Waals surface area contributed by atoms with Crippen LogP contribution in [0.1, 0.15) is 66.7 Å². The number of carbonyl (C=O) groups is 5. The van der Waals surface area contributed by atoms with Crippen LogP contribution < -0.4 is 21.5 Å². The summed E-state index contributed by atoms with van der Waals surface area (Å²) in [6, 6.07) is -3.21. The lowest BCUT2D eigenvalue weighted by atomic mass is 9.80. The lowest BCUT2D eigenvalue weighted by Crippen LogP contribution is -2.60. The molecule has 2 unspecified atom stereocenters. The molecule has 5 N–H and O–H groups in total. The number of Topliss-reactive ketones (excluding diaryl/α,β-unsaturated/α-hetero) is 1. The van der Waals surface area contributed by atoms with Crippen molar-refractivity contribution in [3.63, 3.8) is 0 Å². The second kappa shape index (κ2) is 11.5. The molecule has 2 rings (SSSR count). The zero-order valence-electron chi connectivity index (χ0n) is 20.8. The van der Waals surface area contributed by atoms with Gasteiger partial charge in [0.25, 0.3) is 5.91 Å². The van der Waals surface area contributed by atoms with E-state index in [4.69, 9.17) is 5.73 Å². The Labute approximate surface area is 204 Å². The largest absolute Gasteiger partial charge is 0.363 e. The number of urea groups is 1. The number of nitrogens with zero attached hydrogens (tertiary/aromatic N) is 1. The highest BCUT2D eigenvalue weighted by molar-refractivity contribution is 7.15. The molecule has 1 heterocycles. The third-order valence-corrected chi connectivity index (χ3v) is 7.30. The first-order valence-electron chi connectivity index (χ1n) is 12.0. The highest BCUT2D eigenvalue weighted by Gasteiger charge is 2.47. The van der Waals surface area contributed by atoms with Gasteiger partial charge in [0.15, 0.2) is 0 Å². The second-order valence-corrected chi connectivity index (χ2v) is 11.2. The smallest absolute Gasteiger partial charge is 0.318 e. The van der Waals surface area contributed by atoms with Crippen LogP contribution in [0.25, 0.3) is 0 Å². The zero-order valence-corrected chi connectivity index (χ0v) is 22.0. The number of nitrogens with two attached hydrogens (primary N) is 1. The van der Waals surface area contributed by atoms with Crippen molar-refractivity contribution in [2.75, 3.05) is 6.54 Å². The predicted molar refractivity (Wildman–Crippen MR) is 131 cm³/mol. The molecule has 5 atom stereocenters. The van der Waals surface area contributed by atoms with E-state index >= 15 is 0 Å². The molecule has 5 amide bonds. The van der Waals surface area contributed by atoms with E-state index in [0.717, 1.165) is 19.3 Å². The fraction of sp³-hybridized carbons (Fsp3) is 0.783. The minimum atomic E-state index is -1.08. The van der Waals surface area contributed by atoms with Gasteiger partial charge in [-0.25, -0.2) is 4.79 Å². The first-order valence-corrected chi connectivity index (χ1v) is 12.6. The van der Waals surface area contributed by atoms with E-state index < -0.39 is 47.2 Å². The van der Waals surface area contributed by atoms with Crippen LogP contribution in [0, 0.1) is 23.2 Å². The van der Waals surface area contributed by atoms with Gasteiger partial charge < -0.3 is 26.4 Å². The van der Waals surface area contributed by atoms with Crippen LogP contribution >= 0.6 is 9.39 Å². The molecule has 2 fully saturated rings. The average Bonchev–Trinajstić information content (AvgIpc) is 3.17. The number of rotatable bonds is 9. The minimum Gasteiger partial charge on any atom is -0.363 e. The Balaban J connectivity index is 2.31. The van der Waals surface area contributed by atoms with Gasteiger partial charge in [-0.3, -0.25) is 19.2 Å². The maximum Gasteiger partial charge on any atom is 0.318 e. The molecule has 1 saturated carbocycles. The van der Waals surface area contributed by atoms with Crippen LogP contribution in [0.2, 0.25) is 0 Å². The van der Waals surface area contributed by atoms with Crippen molar-refractivity contribution in [3.05, 3.63) is 0 Å². The van der Waals surface area contributed by atoms with Crippen molar-refractivity contribution in [2.45, 2.75) is 84.8 Å². The molecule has 0 spiro atoms. The molecule has 0 bridgehead atoms. The summed E-state index contributed by atoms with van der Waals surface area (Å²) in [5.74, 6) is -2.49. The van der Waals surface area contributed by atoms with Crippen LogP contribution in [0.3, 0.4) is 0 Å². The summed E-state index contributed by atoms with van der Waals surface area (Å²) in [6.07, 6.45) is 3.92. The van der Waals surface area contributed by atoms with E-state index in [9.17, 15) is 24.0 Å². The molecule has 1 saturated heterocycles. The standard InChI is InChI=1S/C23H40N5O5P/c1-12(2)14-9-10-28(21(32)18(23(3,4)5)26-22(33)27-34)16(14)20(31)25-15(17(29)19(24)30)11-13-7-6-8-13/h12-16,18H,6-11,34H2,1-5H3,(H2,24,30)(H,25,31)(H2,26,27,33)/t14-,15?,16+,18-/m1/s1. The van der Waals surface area contributed by atoms with Crippen molar-refractivity contribution >= 4 is 38.9 Å². The quantitative estimate of drug-likeness (QED) is 0.278. The lowest BCUT2D eigenvalue weighted by molar-refractivity contribution is -0.144. The second-order valence-electron chi connectivity index (χ2n) is 10.9. The Morgan fingerprint density at radius 1 is 1.06 bits per heavy atom. The van der Waals surface area contributed by atoms with Gasteiger partial charge in [0.1, 0.15) is 12.1 Å². The van der Waals surface area contributed by atoms with E-state index in [1.165, 1.54) is 4.90 Å². The van der Waals surface area contributed by atoms with Gasteiger partial charge in [-0.1, -0.05) is 53.9 Å². The molecule has 0 radical (unpaired) electrons. The lowest BCUT2D eigenvalue weighted by Gasteiger charge is -2.37. The third-order valence-electron chi connectivity index (χ3n) is 7.04. The minimum absolute atomic E-state index is 0.0989. The van der Waals surface area contributed by atoms with Crippen LogP contribution in [0.4, 0.5) is 4.79 Å². The number of carbonyl (C=O) groups excluding carboxylic acids is 5. The van der Waals surface area contributed by atoms with Gasteiger partial charge in [-0.2, -0.15) is 0 Å². The van der Waals surface area contributed by atoms with Crippen molar-refractivity contribution in [2.24, 2.45) is 28.9 Å². The monoisotopic (exact) mass is 497 g/mol. The Kier molecular flexibility index (Phi) is 9.45. The van der Waals surface area contributed by atoms with E-state index in [2.05, 4.69) is 25.1 Å². The van der Waals surface area contributed by atoms with Gasteiger partial charge in [0, 0.05) is 6.54 Å². The van der Waals surface area contributed by atoms with Crippen LogP contribution in [-0.2, 0) is 19.2 Å². The number of ketones is 1. The van der Waals surface area contributed by atoms with Crippen molar-refractivity contribution < 1.29 is 24.0 Å². The maximum atomic E-state index is 13.6. The molecule has 34 heavy (non-hydrogen) atoms. The summed E-state index contributed by atoms with van der Waals surface area (Å²) >= 11 is 0. The third kappa shape index (κ3) is 6.68. The fourth-order valence-electron chi connectivity index (χ4n) is 4.81. The predicted octanol–water partition coefficient (Wildman–Crippen LogP) is 1.09. The molecule has 1 aliphatic heterocycles. The summed E-state index contributed by atoms with van der Waals surface area (Å²) in [6.45, 7) is 9.84. The molecular weight excluding hydrogens is 457 g/mol. The van der Waals surface area contributed by atoms with Gasteiger partial charge in [-0.05, 0) is 45.4 Å². The van der Waals surface area contributed by atoms with Gasteiger partial charge in [0.05, 0.1) is 6.04 Å². The molecule has 11 heteroatoms. The zero-order chi connectivity index (χ0) is 25.8. The summed E-state index contributed by atoms with van der Waals surface area (Å²) < 4.78 is 0. The number of likely N-dealkylation sites (tertiary alicyclic amines) is 1. The molecule has 2 aliphatic rings. The van der Waals surface area contributed by atoms with Gasteiger partial charge >= 0.3 is 6.03 Å². The van der Waals surface area contributed by atoms with E-state index in [0.29, 0.717) is 19.4 Å². The van der Waals surface area contributed by atoms with Gasteiger partial charge in [-0.15, -0.1) is 0 Å². The normalized spacial score (nSPS) is 22.5. The SMILES string of the molecule is CC(C)[C@H]1CCN(C(=O)[C@@H](NC(=O)NP)C(C)(C)C)[C@@H]1C(=O)NC(CC1CCC1)C(=O)C(N)=O. The van der Waals surface area contributed by atoms with Gasteiger partial charge in [0.2, 0.25) is 17.6 Å². The van der Waals surface area contributed by atoms with Crippen molar-refractivity contribution in [3.8, 4) is 0 Å². The Hall–Kier alpha value is -2.22. The van der Waals surface area contributed by atoms with Crippen LogP contribution in [-0.4, -0.2) is 59.1 Å². The first kappa shape index (κ1) is 28.0. The first-order chi connectivity index (χ1) is 15.8.